The van der Waals surface area contributed by atoms with Crippen LogP contribution in [0.4, 0.5) is 0 Å². The van der Waals surface area contributed by atoms with E-state index in [1.54, 1.807) is 11.3 Å². The normalized spacial score (nSPS) is 33.5. The summed E-state index contributed by atoms with van der Waals surface area (Å²) in [6.07, 6.45) is 9.58. The molecule has 1 aromatic rings. The van der Waals surface area contributed by atoms with Crippen LogP contribution in [0.2, 0.25) is 0 Å². The molecule has 4 unspecified atom stereocenters. The van der Waals surface area contributed by atoms with Gasteiger partial charge in [-0.3, -0.25) is 4.79 Å². The van der Waals surface area contributed by atoms with Gasteiger partial charge in [0, 0.05) is 30.4 Å². The minimum atomic E-state index is 0.0688. The van der Waals surface area contributed by atoms with Crippen LogP contribution in [0.25, 0.3) is 0 Å². The van der Waals surface area contributed by atoms with Crippen molar-refractivity contribution in [3.8, 4) is 0 Å². The first-order chi connectivity index (χ1) is 11.7. The molecule has 4 rings (SSSR count). The highest BCUT2D eigenvalue weighted by Crippen LogP contribution is 2.35. The van der Waals surface area contributed by atoms with Crippen molar-refractivity contribution in [2.24, 2.45) is 5.92 Å². The molecule has 24 heavy (non-hydrogen) atoms. The van der Waals surface area contributed by atoms with E-state index < -0.39 is 0 Å². The first-order valence-electron chi connectivity index (χ1n) is 9.73. The average Bonchev–Trinajstić information content (AvgIpc) is 3.27. The number of likely N-dealkylation sites (tertiary alicyclic amines) is 1. The molecule has 3 fully saturated rings. The smallest absolute Gasteiger partial charge is 0.239 e. The quantitative estimate of drug-likeness (QED) is 0.912. The highest BCUT2D eigenvalue weighted by Gasteiger charge is 2.40. The van der Waals surface area contributed by atoms with E-state index in [-0.39, 0.29) is 6.04 Å². The predicted molar refractivity (Wildman–Crippen MR) is 97.3 cm³/mol. The summed E-state index contributed by atoms with van der Waals surface area (Å²) in [5.41, 5.74) is 1.19. The highest BCUT2D eigenvalue weighted by atomic mass is 32.1. The van der Waals surface area contributed by atoms with Gasteiger partial charge in [0.15, 0.2) is 0 Å². The van der Waals surface area contributed by atoms with Crippen LogP contribution in [0.1, 0.15) is 68.5 Å². The lowest BCUT2D eigenvalue weighted by Gasteiger charge is -2.33. The lowest BCUT2D eigenvalue weighted by atomic mass is 9.85. The maximum atomic E-state index is 13.0. The maximum Gasteiger partial charge on any atom is 0.239 e. The zero-order chi connectivity index (χ0) is 16.5. The van der Waals surface area contributed by atoms with E-state index in [2.05, 4.69) is 22.5 Å². The fraction of sp³-hybridized carbons (Fsp3) is 0.789. The molecule has 0 radical (unpaired) electrons. The topological polar surface area (TPSA) is 45.2 Å². The van der Waals surface area contributed by atoms with Gasteiger partial charge in [-0.15, -0.1) is 11.3 Å². The number of aromatic nitrogens is 1. The van der Waals surface area contributed by atoms with E-state index in [9.17, 15) is 4.79 Å². The fourth-order valence-corrected chi connectivity index (χ4v) is 5.81. The Morgan fingerprint density at radius 3 is 3.00 bits per heavy atom. The van der Waals surface area contributed by atoms with Gasteiger partial charge in [-0.2, -0.15) is 0 Å². The van der Waals surface area contributed by atoms with Crippen LogP contribution in [0.15, 0.2) is 5.38 Å². The number of piperidine rings is 1. The number of carbonyl (C=O) groups is 1. The van der Waals surface area contributed by atoms with Gasteiger partial charge in [0.05, 0.1) is 16.7 Å². The van der Waals surface area contributed by atoms with Crippen molar-refractivity contribution in [2.75, 3.05) is 13.1 Å². The fourth-order valence-electron chi connectivity index (χ4n) is 4.78. The molecule has 5 heteroatoms. The summed E-state index contributed by atoms with van der Waals surface area (Å²) in [4.78, 5) is 19.9. The van der Waals surface area contributed by atoms with Crippen LogP contribution in [0, 0.1) is 5.92 Å². The first-order valence-corrected chi connectivity index (χ1v) is 10.6. The second-order valence-electron chi connectivity index (χ2n) is 7.76. The van der Waals surface area contributed by atoms with Crippen LogP contribution in [0.5, 0.6) is 0 Å². The van der Waals surface area contributed by atoms with Crippen LogP contribution >= 0.6 is 11.3 Å². The minimum absolute atomic E-state index is 0.0688. The Morgan fingerprint density at radius 2 is 2.21 bits per heavy atom. The molecule has 0 bridgehead atoms. The lowest BCUT2D eigenvalue weighted by Crippen LogP contribution is -2.48. The summed E-state index contributed by atoms with van der Waals surface area (Å²) in [5, 5.41) is 7.07. The molecule has 3 heterocycles. The van der Waals surface area contributed by atoms with Crippen molar-refractivity contribution in [3.05, 3.63) is 16.1 Å². The van der Waals surface area contributed by atoms with Crippen molar-refractivity contribution in [1.29, 1.82) is 0 Å². The molecule has 1 aliphatic carbocycles. The van der Waals surface area contributed by atoms with E-state index >= 15 is 0 Å². The molecular weight excluding hydrogens is 318 g/mol. The largest absolute Gasteiger partial charge is 0.341 e. The number of thiazole rings is 1. The minimum Gasteiger partial charge on any atom is -0.341 e. The number of fused-ring (bicyclic) bond motifs is 1. The number of hydrogen-bond acceptors (Lipinski definition) is 4. The summed E-state index contributed by atoms with van der Waals surface area (Å²) in [7, 11) is 0. The molecule has 2 saturated heterocycles. The number of aryl methyl sites for hydroxylation is 1. The second-order valence-corrected chi connectivity index (χ2v) is 8.65. The molecule has 1 amide bonds. The van der Waals surface area contributed by atoms with Gasteiger partial charge in [0.2, 0.25) is 5.91 Å². The van der Waals surface area contributed by atoms with Crippen LogP contribution in [-0.4, -0.2) is 41.0 Å². The Hall–Kier alpha value is -0.940. The molecule has 4 nitrogen and oxygen atoms in total. The van der Waals surface area contributed by atoms with Crippen molar-refractivity contribution in [3.63, 3.8) is 0 Å². The maximum absolute atomic E-state index is 13.0. The van der Waals surface area contributed by atoms with Crippen molar-refractivity contribution in [1.82, 2.24) is 15.2 Å². The molecule has 132 valence electrons. The molecule has 1 N–H and O–H groups in total. The highest BCUT2D eigenvalue weighted by molar-refractivity contribution is 7.09. The van der Waals surface area contributed by atoms with Crippen LogP contribution in [-0.2, 0) is 11.2 Å². The third-order valence-corrected chi connectivity index (χ3v) is 7.23. The molecule has 1 aromatic heterocycles. The second kappa shape index (κ2) is 7.12. The lowest BCUT2D eigenvalue weighted by molar-refractivity contribution is -0.134. The van der Waals surface area contributed by atoms with E-state index in [1.807, 2.05) is 0 Å². The number of carbonyl (C=O) groups excluding carboxylic acids is 1. The monoisotopic (exact) mass is 347 g/mol. The van der Waals surface area contributed by atoms with E-state index in [4.69, 9.17) is 4.98 Å². The Balaban J connectivity index is 1.39. The molecular formula is C19H29N3OS. The number of amides is 1. The summed E-state index contributed by atoms with van der Waals surface area (Å²) in [5.74, 6) is 1.53. The average molecular weight is 348 g/mol. The summed E-state index contributed by atoms with van der Waals surface area (Å²) in [6.45, 7) is 3.94. The van der Waals surface area contributed by atoms with Gasteiger partial charge in [-0.05, 0) is 44.4 Å². The number of nitrogens with zero attached hydrogens (tertiary/aromatic N) is 2. The van der Waals surface area contributed by atoms with E-state index in [0.717, 1.165) is 38.3 Å². The molecule has 0 aromatic carbocycles. The van der Waals surface area contributed by atoms with E-state index in [0.29, 0.717) is 17.9 Å². The Morgan fingerprint density at radius 1 is 1.33 bits per heavy atom. The van der Waals surface area contributed by atoms with Crippen LogP contribution < -0.4 is 5.32 Å². The molecule has 4 atom stereocenters. The Bertz CT molecular complexity index is 573. The molecule has 1 saturated carbocycles. The van der Waals surface area contributed by atoms with Gasteiger partial charge in [-0.25, -0.2) is 4.98 Å². The summed E-state index contributed by atoms with van der Waals surface area (Å²) in [6, 6.07) is 0.665. The third kappa shape index (κ3) is 3.25. The van der Waals surface area contributed by atoms with Gasteiger partial charge in [0.25, 0.3) is 0 Å². The number of nitrogens with one attached hydrogen (secondary N) is 1. The molecule has 0 spiro atoms. The van der Waals surface area contributed by atoms with Crippen LogP contribution in [0.3, 0.4) is 0 Å². The Kier molecular flexibility index (Phi) is 4.90. The standard InChI is InChI=1S/C19H29N3OS/c1-2-15-12-24-18(20-15)14-7-5-9-22(11-14)19(23)17-10-13-6-3-4-8-16(13)21-17/h12-14,16-17,21H,2-11H2,1H3. The third-order valence-electron chi connectivity index (χ3n) is 6.17. The predicted octanol–water partition coefficient (Wildman–Crippen LogP) is 3.33. The van der Waals surface area contributed by atoms with Crippen molar-refractivity contribution >= 4 is 17.2 Å². The zero-order valence-corrected chi connectivity index (χ0v) is 15.5. The van der Waals surface area contributed by atoms with Gasteiger partial charge >= 0.3 is 0 Å². The first kappa shape index (κ1) is 16.5. The van der Waals surface area contributed by atoms with Crippen molar-refractivity contribution < 1.29 is 4.79 Å². The summed E-state index contributed by atoms with van der Waals surface area (Å²) >= 11 is 1.78. The molecule has 2 aliphatic heterocycles. The van der Waals surface area contributed by atoms with Crippen molar-refractivity contribution in [2.45, 2.75) is 76.3 Å². The van der Waals surface area contributed by atoms with Gasteiger partial charge in [-0.1, -0.05) is 19.8 Å². The van der Waals surface area contributed by atoms with Gasteiger partial charge in [0.1, 0.15) is 0 Å². The van der Waals surface area contributed by atoms with Gasteiger partial charge < -0.3 is 10.2 Å². The number of rotatable bonds is 3. The molecule has 3 aliphatic rings. The number of hydrogen-bond donors (Lipinski definition) is 1. The summed E-state index contributed by atoms with van der Waals surface area (Å²) < 4.78 is 0. The SMILES string of the molecule is CCc1csc(C2CCCN(C(=O)C3CC4CCCCC4N3)C2)n1. The Labute approximate surface area is 149 Å². The zero-order valence-electron chi connectivity index (χ0n) is 14.7. The van der Waals surface area contributed by atoms with E-state index in [1.165, 1.54) is 42.8 Å².